The Morgan fingerprint density at radius 2 is 1.61 bits per heavy atom. The third-order valence-electron chi connectivity index (χ3n) is 4.63. The van der Waals surface area contributed by atoms with Crippen molar-refractivity contribution in [3.8, 4) is 0 Å². The molecule has 1 saturated carbocycles. The lowest BCUT2D eigenvalue weighted by atomic mass is 9.84. The fourth-order valence-electron chi connectivity index (χ4n) is 3.50. The van der Waals surface area contributed by atoms with Crippen LogP contribution in [0.4, 0.5) is 8.78 Å². The molecule has 0 amide bonds. The first-order valence-corrected chi connectivity index (χ1v) is 9.51. The smallest absolute Gasteiger partial charge is 0.175 e. The molecule has 0 radical (unpaired) electrons. The minimum absolute atomic E-state index is 0.0743. The molecule has 0 aromatic heterocycles. The minimum atomic E-state index is -3.23. The average molecular weight is 336 g/mol. The van der Waals surface area contributed by atoms with Crippen molar-refractivity contribution < 1.29 is 17.2 Å². The molecule has 2 aromatic rings. The Morgan fingerprint density at radius 3 is 2.26 bits per heavy atom. The van der Waals surface area contributed by atoms with Gasteiger partial charge in [-0.15, -0.1) is 0 Å². The van der Waals surface area contributed by atoms with E-state index < -0.39 is 21.5 Å². The Morgan fingerprint density at radius 1 is 0.957 bits per heavy atom. The predicted molar refractivity (Wildman–Crippen MR) is 85.2 cm³/mol. The first-order valence-electron chi connectivity index (χ1n) is 7.62. The highest BCUT2D eigenvalue weighted by Gasteiger charge is 2.32. The second kappa shape index (κ2) is 6.04. The number of halogens is 2. The van der Waals surface area contributed by atoms with Crippen LogP contribution in [0, 0.1) is 11.6 Å². The van der Waals surface area contributed by atoms with Crippen LogP contribution in [0.3, 0.4) is 0 Å². The van der Waals surface area contributed by atoms with E-state index in [-0.39, 0.29) is 16.7 Å². The van der Waals surface area contributed by atoms with Gasteiger partial charge < -0.3 is 0 Å². The lowest BCUT2D eigenvalue weighted by Crippen LogP contribution is -2.08. The molecule has 2 aromatic carbocycles. The number of rotatable bonds is 3. The van der Waals surface area contributed by atoms with Crippen molar-refractivity contribution in [2.75, 3.05) is 6.26 Å². The summed E-state index contributed by atoms with van der Waals surface area (Å²) >= 11 is 0. The van der Waals surface area contributed by atoms with Crippen molar-refractivity contribution >= 4 is 9.84 Å². The average Bonchev–Trinajstić information content (AvgIpc) is 2.98. The van der Waals surface area contributed by atoms with Crippen LogP contribution in [0.25, 0.3) is 0 Å². The summed E-state index contributed by atoms with van der Waals surface area (Å²) < 4.78 is 50.7. The normalized spacial score (nSPS) is 21.5. The SMILES string of the molecule is CS(=O)(=O)c1ccc(C2CCCC2c2cccc(F)c2F)cc1. The zero-order chi connectivity index (χ0) is 16.6. The van der Waals surface area contributed by atoms with Crippen LogP contribution < -0.4 is 0 Å². The van der Waals surface area contributed by atoms with Gasteiger partial charge in [0.15, 0.2) is 21.5 Å². The summed E-state index contributed by atoms with van der Waals surface area (Å²) in [6.07, 6.45) is 3.80. The first-order chi connectivity index (χ1) is 10.9. The standard InChI is InChI=1S/C18H18F2O2S/c1-23(21,22)13-10-8-12(9-11-13)14-4-2-5-15(14)16-6-3-7-17(19)18(16)20/h3,6-11,14-15H,2,4-5H2,1H3. The third-order valence-corrected chi connectivity index (χ3v) is 5.76. The highest BCUT2D eigenvalue weighted by Crippen LogP contribution is 2.46. The van der Waals surface area contributed by atoms with E-state index in [1.54, 1.807) is 30.3 Å². The molecule has 5 heteroatoms. The molecule has 122 valence electrons. The number of sulfone groups is 1. The molecule has 1 fully saturated rings. The second-order valence-corrected chi connectivity index (χ2v) is 8.14. The lowest BCUT2D eigenvalue weighted by Gasteiger charge is -2.21. The van der Waals surface area contributed by atoms with Gasteiger partial charge in [-0.05, 0) is 54.0 Å². The van der Waals surface area contributed by atoms with Gasteiger partial charge in [-0.1, -0.05) is 30.7 Å². The summed E-state index contributed by atoms with van der Waals surface area (Å²) in [5, 5.41) is 0. The molecule has 0 N–H and O–H groups in total. The summed E-state index contributed by atoms with van der Waals surface area (Å²) in [5.74, 6) is -1.58. The van der Waals surface area contributed by atoms with Gasteiger partial charge in [0.1, 0.15) is 0 Å². The van der Waals surface area contributed by atoms with Gasteiger partial charge in [-0.2, -0.15) is 0 Å². The van der Waals surface area contributed by atoms with Crippen LogP contribution >= 0.6 is 0 Å². The molecule has 1 aliphatic rings. The van der Waals surface area contributed by atoms with E-state index in [4.69, 9.17) is 0 Å². The Balaban J connectivity index is 1.94. The van der Waals surface area contributed by atoms with E-state index in [1.165, 1.54) is 12.3 Å². The molecule has 2 atom stereocenters. The van der Waals surface area contributed by atoms with Crippen LogP contribution in [0.5, 0.6) is 0 Å². The maximum absolute atomic E-state index is 14.1. The van der Waals surface area contributed by atoms with E-state index in [0.29, 0.717) is 5.56 Å². The fourth-order valence-corrected chi connectivity index (χ4v) is 4.13. The highest BCUT2D eigenvalue weighted by atomic mass is 32.2. The number of hydrogen-bond acceptors (Lipinski definition) is 2. The van der Waals surface area contributed by atoms with Crippen LogP contribution in [-0.4, -0.2) is 14.7 Å². The molecular formula is C18H18F2O2S. The molecule has 0 aliphatic heterocycles. The Kier molecular flexibility index (Phi) is 4.23. The summed E-state index contributed by atoms with van der Waals surface area (Å²) in [6, 6.07) is 11.1. The zero-order valence-electron chi connectivity index (χ0n) is 12.8. The molecule has 0 spiro atoms. The zero-order valence-corrected chi connectivity index (χ0v) is 13.6. The van der Waals surface area contributed by atoms with Gasteiger partial charge in [0.25, 0.3) is 0 Å². The topological polar surface area (TPSA) is 34.1 Å². The van der Waals surface area contributed by atoms with Gasteiger partial charge in [0.2, 0.25) is 0 Å². The summed E-state index contributed by atoms with van der Waals surface area (Å²) in [7, 11) is -3.23. The predicted octanol–water partition coefficient (Wildman–Crippen LogP) is 4.42. The fraction of sp³-hybridized carbons (Fsp3) is 0.333. The lowest BCUT2D eigenvalue weighted by molar-refractivity contribution is 0.480. The summed E-state index contributed by atoms with van der Waals surface area (Å²) in [4.78, 5) is 0.271. The summed E-state index contributed by atoms with van der Waals surface area (Å²) in [6.45, 7) is 0. The van der Waals surface area contributed by atoms with Crippen molar-refractivity contribution in [3.63, 3.8) is 0 Å². The number of benzene rings is 2. The van der Waals surface area contributed by atoms with Gasteiger partial charge in [0, 0.05) is 6.26 Å². The van der Waals surface area contributed by atoms with E-state index in [2.05, 4.69) is 0 Å². The van der Waals surface area contributed by atoms with Gasteiger partial charge in [-0.25, -0.2) is 17.2 Å². The van der Waals surface area contributed by atoms with Gasteiger partial charge in [0.05, 0.1) is 4.90 Å². The summed E-state index contributed by atoms with van der Waals surface area (Å²) in [5.41, 5.74) is 1.39. The molecule has 2 unspecified atom stereocenters. The molecule has 1 aliphatic carbocycles. The molecule has 3 rings (SSSR count). The number of hydrogen-bond donors (Lipinski definition) is 0. The first kappa shape index (κ1) is 16.1. The van der Waals surface area contributed by atoms with Gasteiger partial charge >= 0.3 is 0 Å². The third kappa shape index (κ3) is 3.15. The van der Waals surface area contributed by atoms with Crippen molar-refractivity contribution in [1.29, 1.82) is 0 Å². The van der Waals surface area contributed by atoms with E-state index >= 15 is 0 Å². The van der Waals surface area contributed by atoms with Gasteiger partial charge in [-0.3, -0.25) is 0 Å². The molecule has 0 saturated heterocycles. The van der Waals surface area contributed by atoms with Crippen LogP contribution in [0.2, 0.25) is 0 Å². The van der Waals surface area contributed by atoms with Crippen LogP contribution in [0.15, 0.2) is 47.4 Å². The van der Waals surface area contributed by atoms with Crippen LogP contribution in [-0.2, 0) is 9.84 Å². The van der Waals surface area contributed by atoms with E-state index in [1.807, 2.05) is 0 Å². The largest absolute Gasteiger partial charge is 0.224 e. The molecule has 0 heterocycles. The molecule has 2 nitrogen and oxygen atoms in total. The van der Waals surface area contributed by atoms with Crippen molar-refractivity contribution in [3.05, 3.63) is 65.2 Å². The molecular weight excluding hydrogens is 318 g/mol. The molecule has 23 heavy (non-hydrogen) atoms. The Labute approximate surface area is 135 Å². The van der Waals surface area contributed by atoms with E-state index in [9.17, 15) is 17.2 Å². The van der Waals surface area contributed by atoms with E-state index in [0.717, 1.165) is 30.9 Å². The molecule has 0 bridgehead atoms. The van der Waals surface area contributed by atoms with Crippen LogP contribution in [0.1, 0.15) is 42.2 Å². The quantitative estimate of drug-likeness (QED) is 0.831. The second-order valence-electron chi connectivity index (χ2n) is 6.13. The maximum atomic E-state index is 14.1. The minimum Gasteiger partial charge on any atom is -0.224 e. The van der Waals surface area contributed by atoms with Crippen molar-refractivity contribution in [2.45, 2.75) is 36.0 Å². The Hall–Kier alpha value is -1.75. The Bertz CT molecular complexity index is 813. The maximum Gasteiger partial charge on any atom is 0.175 e. The monoisotopic (exact) mass is 336 g/mol. The van der Waals surface area contributed by atoms with Crippen molar-refractivity contribution in [2.24, 2.45) is 0 Å². The highest BCUT2D eigenvalue weighted by molar-refractivity contribution is 7.90. The van der Waals surface area contributed by atoms with Crippen molar-refractivity contribution in [1.82, 2.24) is 0 Å².